The van der Waals surface area contributed by atoms with Crippen molar-refractivity contribution in [2.75, 3.05) is 6.54 Å². The summed E-state index contributed by atoms with van der Waals surface area (Å²) in [6.07, 6.45) is 1.68. The van der Waals surface area contributed by atoms with Crippen molar-refractivity contribution in [3.63, 3.8) is 0 Å². The van der Waals surface area contributed by atoms with Crippen molar-refractivity contribution in [2.45, 2.75) is 53.0 Å². The minimum Gasteiger partial charge on any atom is -0.480 e. The topological polar surface area (TPSA) is 49.3 Å². The molecule has 0 aliphatic rings. The maximum Gasteiger partial charge on any atom is 0.323 e. The van der Waals surface area contributed by atoms with Crippen LogP contribution in [0.1, 0.15) is 47.5 Å². The van der Waals surface area contributed by atoms with E-state index in [0.29, 0.717) is 18.3 Å². The van der Waals surface area contributed by atoms with Gasteiger partial charge < -0.3 is 10.4 Å². The van der Waals surface area contributed by atoms with Crippen LogP contribution < -0.4 is 5.32 Å². The van der Waals surface area contributed by atoms with Crippen LogP contribution in [0.25, 0.3) is 0 Å². The number of hydrogen-bond donors (Lipinski definition) is 2. The van der Waals surface area contributed by atoms with E-state index < -0.39 is 11.5 Å². The van der Waals surface area contributed by atoms with Gasteiger partial charge in [0.25, 0.3) is 0 Å². The largest absolute Gasteiger partial charge is 0.480 e. The van der Waals surface area contributed by atoms with Crippen molar-refractivity contribution in [1.29, 1.82) is 0 Å². The van der Waals surface area contributed by atoms with Gasteiger partial charge in [-0.15, -0.1) is 0 Å². The standard InChI is InChI=1S/C12H25NO2/c1-9(2)6-7-13-12(5,11(14)15)8-10(3)4/h9-10,13H,6-8H2,1-5H3,(H,14,15). The highest BCUT2D eigenvalue weighted by Gasteiger charge is 2.32. The molecular formula is C12H25NO2. The number of carbonyl (C=O) groups is 1. The van der Waals surface area contributed by atoms with Gasteiger partial charge in [-0.2, -0.15) is 0 Å². The first kappa shape index (κ1) is 14.4. The summed E-state index contributed by atoms with van der Waals surface area (Å²) in [4.78, 5) is 11.2. The van der Waals surface area contributed by atoms with E-state index in [2.05, 4.69) is 19.2 Å². The molecule has 0 fully saturated rings. The van der Waals surface area contributed by atoms with Crippen molar-refractivity contribution in [2.24, 2.45) is 11.8 Å². The Hall–Kier alpha value is -0.570. The summed E-state index contributed by atoms with van der Waals surface area (Å²) in [7, 11) is 0. The highest BCUT2D eigenvalue weighted by Crippen LogP contribution is 2.17. The molecule has 0 spiro atoms. The van der Waals surface area contributed by atoms with Crippen molar-refractivity contribution < 1.29 is 9.90 Å². The van der Waals surface area contributed by atoms with E-state index >= 15 is 0 Å². The molecule has 90 valence electrons. The minimum atomic E-state index is -0.775. The summed E-state index contributed by atoms with van der Waals surface area (Å²) in [6.45, 7) is 10.9. The van der Waals surface area contributed by atoms with Crippen molar-refractivity contribution in [3.05, 3.63) is 0 Å². The van der Waals surface area contributed by atoms with Crippen molar-refractivity contribution in [1.82, 2.24) is 5.32 Å². The van der Waals surface area contributed by atoms with Gasteiger partial charge in [0.15, 0.2) is 0 Å². The van der Waals surface area contributed by atoms with Crippen LogP contribution in [-0.2, 0) is 4.79 Å². The van der Waals surface area contributed by atoms with E-state index in [1.165, 1.54) is 0 Å². The van der Waals surface area contributed by atoms with Crippen molar-refractivity contribution >= 4 is 5.97 Å². The third-order valence-electron chi connectivity index (χ3n) is 2.53. The predicted octanol–water partition coefficient (Wildman–Crippen LogP) is 2.51. The molecule has 3 nitrogen and oxygen atoms in total. The number of hydrogen-bond acceptors (Lipinski definition) is 2. The van der Waals surface area contributed by atoms with E-state index in [-0.39, 0.29) is 0 Å². The normalized spacial score (nSPS) is 15.7. The van der Waals surface area contributed by atoms with Gasteiger partial charge in [-0.05, 0) is 38.1 Å². The molecule has 3 heteroatoms. The summed E-state index contributed by atoms with van der Waals surface area (Å²) in [6, 6.07) is 0. The van der Waals surface area contributed by atoms with Crippen LogP contribution >= 0.6 is 0 Å². The van der Waals surface area contributed by atoms with Gasteiger partial charge in [-0.1, -0.05) is 27.7 Å². The molecule has 0 aliphatic heterocycles. The third kappa shape index (κ3) is 5.78. The predicted molar refractivity (Wildman–Crippen MR) is 63.0 cm³/mol. The average molecular weight is 215 g/mol. The number of nitrogens with one attached hydrogen (secondary N) is 1. The SMILES string of the molecule is CC(C)CCNC(C)(CC(C)C)C(=O)O. The van der Waals surface area contributed by atoms with Crippen LogP contribution in [0.2, 0.25) is 0 Å². The van der Waals surface area contributed by atoms with E-state index in [4.69, 9.17) is 0 Å². The monoisotopic (exact) mass is 215 g/mol. The zero-order valence-electron chi connectivity index (χ0n) is 10.6. The fraction of sp³-hybridized carbons (Fsp3) is 0.917. The van der Waals surface area contributed by atoms with Gasteiger partial charge in [0, 0.05) is 0 Å². The summed E-state index contributed by atoms with van der Waals surface area (Å²) in [5, 5.41) is 12.3. The van der Waals surface area contributed by atoms with E-state index in [0.717, 1.165) is 13.0 Å². The summed E-state index contributed by atoms with van der Waals surface area (Å²) in [5.41, 5.74) is -0.775. The molecule has 1 unspecified atom stereocenters. The van der Waals surface area contributed by atoms with Crippen LogP contribution in [-0.4, -0.2) is 23.2 Å². The first-order chi connectivity index (χ1) is 6.78. The molecule has 0 heterocycles. The maximum atomic E-state index is 11.2. The Bertz CT molecular complexity index is 202. The summed E-state index contributed by atoms with van der Waals surface area (Å²) < 4.78 is 0. The molecule has 0 aromatic heterocycles. The summed E-state index contributed by atoms with van der Waals surface area (Å²) in [5.74, 6) is 0.243. The molecule has 0 bridgehead atoms. The molecule has 1 atom stereocenters. The Balaban J connectivity index is 4.20. The number of carboxylic acids is 1. The molecule has 2 N–H and O–H groups in total. The minimum absolute atomic E-state index is 0.387. The van der Waals surface area contributed by atoms with Crippen molar-refractivity contribution in [3.8, 4) is 0 Å². The molecule has 0 saturated heterocycles. The van der Waals surface area contributed by atoms with E-state index in [1.807, 2.05) is 13.8 Å². The first-order valence-electron chi connectivity index (χ1n) is 5.76. The second-order valence-corrected chi connectivity index (χ2v) is 5.34. The Kier molecular flexibility index (Phi) is 5.88. The lowest BCUT2D eigenvalue weighted by Gasteiger charge is -2.28. The molecule has 0 saturated carbocycles. The van der Waals surface area contributed by atoms with E-state index in [1.54, 1.807) is 6.92 Å². The van der Waals surface area contributed by atoms with Crippen LogP contribution in [0.5, 0.6) is 0 Å². The molecular weight excluding hydrogens is 190 g/mol. The quantitative estimate of drug-likeness (QED) is 0.686. The van der Waals surface area contributed by atoms with E-state index in [9.17, 15) is 9.90 Å². The van der Waals surface area contributed by atoms with Crippen LogP contribution in [0.3, 0.4) is 0 Å². The number of carboxylic acid groups (broad SMARTS) is 1. The maximum absolute atomic E-state index is 11.2. The zero-order chi connectivity index (χ0) is 12.1. The second kappa shape index (κ2) is 6.11. The van der Waals surface area contributed by atoms with Gasteiger partial charge in [0.05, 0.1) is 0 Å². The second-order valence-electron chi connectivity index (χ2n) is 5.34. The Morgan fingerprint density at radius 1 is 1.27 bits per heavy atom. The molecule has 0 radical (unpaired) electrons. The molecule has 0 aliphatic carbocycles. The van der Waals surface area contributed by atoms with Crippen LogP contribution in [0.4, 0.5) is 0 Å². The molecule has 0 amide bonds. The lowest BCUT2D eigenvalue weighted by atomic mass is 9.90. The highest BCUT2D eigenvalue weighted by molar-refractivity contribution is 5.78. The fourth-order valence-electron chi connectivity index (χ4n) is 1.69. The lowest BCUT2D eigenvalue weighted by Crippen LogP contribution is -2.50. The van der Waals surface area contributed by atoms with Crippen LogP contribution in [0, 0.1) is 11.8 Å². The molecule has 0 aromatic rings. The Labute approximate surface area is 93.3 Å². The smallest absolute Gasteiger partial charge is 0.323 e. The van der Waals surface area contributed by atoms with Gasteiger partial charge in [-0.25, -0.2) is 0 Å². The Morgan fingerprint density at radius 3 is 2.13 bits per heavy atom. The van der Waals surface area contributed by atoms with Crippen LogP contribution in [0.15, 0.2) is 0 Å². The van der Waals surface area contributed by atoms with Gasteiger partial charge >= 0.3 is 5.97 Å². The Morgan fingerprint density at radius 2 is 1.80 bits per heavy atom. The molecule has 15 heavy (non-hydrogen) atoms. The first-order valence-corrected chi connectivity index (χ1v) is 5.76. The third-order valence-corrected chi connectivity index (χ3v) is 2.53. The zero-order valence-corrected chi connectivity index (χ0v) is 10.6. The molecule has 0 rings (SSSR count). The number of rotatable bonds is 7. The number of aliphatic carboxylic acids is 1. The van der Waals surface area contributed by atoms with Gasteiger partial charge in [-0.3, -0.25) is 4.79 Å². The molecule has 0 aromatic carbocycles. The average Bonchev–Trinajstić information content (AvgIpc) is 2.01. The lowest BCUT2D eigenvalue weighted by molar-refractivity contribution is -0.144. The fourth-order valence-corrected chi connectivity index (χ4v) is 1.69. The highest BCUT2D eigenvalue weighted by atomic mass is 16.4. The summed E-state index contributed by atoms with van der Waals surface area (Å²) >= 11 is 0. The van der Waals surface area contributed by atoms with Gasteiger partial charge in [0.2, 0.25) is 0 Å². The van der Waals surface area contributed by atoms with Gasteiger partial charge in [0.1, 0.15) is 5.54 Å².